The van der Waals surface area contributed by atoms with Gasteiger partial charge in [-0.1, -0.05) is 18.2 Å². The average molecular weight is 329 g/mol. The van der Waals surface area contributed by atoms with Crippen molar-refractivity contribution in [1.82, 2.24) is 9.29 Å². The van der Waals surface area contributed by atoms with Gasteiger partial charge in [-0.3, -0.25) is 0 Å². The summed E-state index contributed by atoms with van der Waals surface area (Å²) in [7, 11) is -3.72. The summed E-state index contributed by atoms with van der Waals surface area (Å²) in [6, 6.07) is 11.8. The first-order valence-electron chi connectivity index (χ1n) is 7.11. The van der Waals surface area contributed by atoms with Gasteiger partial charge < -0.3 is 4.74 Å². The molecule has 0 bridgehead atoms. The third-order valence-corrected chi connectivity index (χ3v) is 5.67. The molecule has 23 heavy (non-hydrogen) atoms. The van der Waals surface area contributed by atoms with Gasteiger partial charge in [0, 0.05) is 18.3 Å². The van der Waals surface area contributed by atoms with Gasteiger partial charge in [-0.15, -0.1) is 0 Å². The molecule has 6 nitrogen and oxygen atoms in total. The number of nitriles is 1. The van der Waals surface area contributed by atoms with Crippen LogP contribution in [0, 0.1) is 11.3 Å². The molecule has 0 spiro atoms. The summed E-state index contributed by atoms with van der Waals surface area (Å²) in [4.78, 5) is 3.92. The Kier molecular flexibility index (Phi) is 4.03. The standard InChI is InChI=1S/C16H15N3O3S/c1-12-11-22-16-5-3-2-4-13(16)10-19(12)23(20,21)15-7-6-14(8-17)18-9-15/h2-7,9,12H,10-11H2,1H3. The molecule has 118 valence electrons. The van der Waals surface area contributed by atoms with E-state index in [1.807, 2.05) is 30.3 Å². The predicted octanol–water partition coefficient (Wildman–Crippen LogP) is 1.93. The largest absolute Gasteiger partial charge is 0.492 e. The number of aromatic nitrogens is 1. The molecule has 0 saturated heterocycles. The summed E-state index contributed by atoms with van der Waals surface area (Å²) in [5.41, 5.74) is 1.00. The van der Waals surface area contributed by atoms with Crippen molar-refractivity contribution in [2.75, 3.05) is 6.61 Å². The number of nitrogens with zero attached hydrogens (tertiary/aromatic N) is 3. The van der Waals surface area contributed by atoms with E-state index in [0.717, 1.165) is 5.56 Å². The van der Waals surface area contributed by atoms with Gasteiger partial charge in [0.1, 0.15) is 29.0 Å². The highest BCUT2D eigenvalue weighted by Crippen LogP contribution is 2.28. The molecule has 0 fully saturated rings. The van der Waals surface area contributed by atoms with Crippen molar-refractivity contribution >= 4 is 10.0 Å². The lowest BCUT2D eigenvalue weighted by Crippen LogP contribution is -2.39. The van der Waals surface area contributed by atoms with E-state index >= 15 is 0 Å². The van der Waals surface area contributed by atoms with Crippen LogP contribution in [0.5, 0.6) is 5.75 Å². The fourth-order valence-electron chi connectivity index (χ4n) is 2.45. The van der Waals surface area contributed by atoms with E-state index < -0.39 is 10.0 Å². The Morgan fingerprint density at radius 2 is 2.09 bits per heavy atom. The number of hydrogen-bond donors (Lipinski definition) is 0. The van der Waals surface area contributed by atoms with E-state index in [4.69, 9.17) is 10.00 Å². The topological polar surface area (TPSA) is 83.3 Å². The van der Waals surface area contributed by atoms with Gasteiger partial charge in [-0.25, -0.2) is 13.4 Å². The Labute approximate surface area is 135 Å². The third kappa shape index (κ3) is 2.91. The zero-order chi connectivity index (χ0) is 16.4. The Morgan fingerprint density at radius 3 is 2.78 bits per heavy atom. The molecular weight excluding hydrogens is 314 g/mol. The molecule has 1 aliphatic heterocycles. The maximum Gasteiger partial charge on any atom is 0.245 e. The second kappa shape index (κ2) is 5.99. The zero-order valence-corrected chi connectivity index (χ0v) is 13.3. The zero-order valence-electron chi connectivity index (χ0n) is 12.5. The molecule has 3 rings (SSSR count). The number of sulfonamides is 1. The summed E-state index contributed by atoms with van der Waals surface area (Å²) < 4.78 is 32.9. The Balaban J connectivity index is 1.99. The normalized spacial score (nSPS) is 18.3. The van der Waals surface area contributed by atoms with Crippen molar-refractivity contribution in [2.45, 2.75) is 24.4 Å². The molecule has 0 amide bonds. The van der Waals surface area contributed by atoms with E-state index in [9.17, 15) is 8.42 Å². The summed E-state index contributed by atoms with van der Waals surface area (Å²) in [6.45, 7) is 2.32. The second-order valence-electron chi connectivity index (χ2n) is 5.31. The maximum absolute atomic E-state index is 12.9. The van der Waals surface area contributed by atoms with Crippen LogP contribution in [0.4, 0.5) is 0 Å². The molecule has 1 atom stereocenters. The molecule has 0 aliphatic carbocycles. The van der Waals surface area contributed by atoms with Crippen molar-refractivity contribution in [3.05, 3.63) is 53.9 Å². The predicted molar refractivity (Wildman–Crippen MR) is 83.1 cm³/mol. The summed E-state index contributed by atoms with van der Waals surface area (Å²) in [5, 5.41) is 8.78. The van der Waals surface area contributed by atoms with Crippen LogP contribution in [0.1, 0.15) is 18.2 Å². The lowest BCUT2D eigenvalue weighted by molar-refractivity contribution is 0.233. The monoisotopic (exact) mass is 329 g/mol. The fraction of sp³-hybridized carbons (Fsp3) is 0.250. The molecule has 0 N–H and O–H groups in total. The van der Waals surface area contributed by atoms with Gasteiger partial charge >= 0.3 is 0 Å². The van der Waals surface area contributed by atoms with Crippen molar-refractivity contribution < 1.29 is 13.2 Å². The first-order chi connectivity index (χ1) is 11.0. The molecule has 1 aliphatic rings. The molecule has 0 radical (unpaired) electrons. The van der Waals surface area contributed by atoms with E-state index in [1.54, 1.807) is 6.92 Å². The number of benzene rings is 1. The Morgan fingerprint density at radius 1 is 1.30 bits per heavy atom. The van der Waals surface area contributed by atoms with Crippen molar-refractivity contribution in [3.8, 4) is 11.8 Å². The number of pyridine rings is 1. The van der Waals surface area contributed by atoms with E-state index in [0.29, 0.717) is 5.75 Å². The van der Waals surface area contributed by atoms with Crippen LogP contribution >= 0.6 is 0 Å². The number of hydrogen-bond acceptors (Lipinski definition) is 5. The van der Waals surface area contributed by atoms with Crippen molar-refractivity contribution in [3.63, 3.8) is 0 Å². The van der Waals surface area contributed by atoms with Crippen molar-refractivity contribution in [2.24, 2.45) is 0 Å². The smallest absolute Gasteiger partial charge is 0.245 e. The summed E-state index contributed by atoms with van der Waals surface area (Å²) >= 11 is 0. The quantitative estimate of drug-likeness (QED) is 0.840. The number of ether oxygens (including phenoxy) is 1. The Bertz CT molecular complexity index is 857. The lowest BCUT2D eigenvalue weighted by atomic mass is 10.2. The Hall–Kier alpha value is -2.43. The van der Waals surface area contributed by atoms with Crippen LogP contribution in [-0.4, -0.2) is 30.4 Å². The first-order valence-corrected chi connectivity index (χ1v) is 8.55. The van der Waals surface area contributed by atoms with Crippen LogP contribution < -0.4 is 4.74 Å². The molecule has 2 heterocycles. The van der Waals surface area contributed by atoms with E-state index in [1.165, 1.54) is 22.6 Å². The molecule has 1 aromatic heterocycles. The van der Waals surface area contributed by atoms with E-state index in [-0.39, 0.29) is 29.8 Å². The van der Waals surface area contributed by atoms with Gasteiger partial charge in [0.05, 0.1) is 6.04 Å². The van der Waals surface area contributed by atoms with Crippen molar-refractivity contribution in [1.29, 1.82) is 5.26 Å². The summed E-state index contributed by atoms with van der Waals surface area (Å²) in [5.74, 6) is 0.704. The number of rotatable bonds is 2. The molecule has 2 aromatic rings. The molecular formula is C16H15N3O3S. The van der Waals surface area contributed by atoms with Crippen LogP contribution in [0.2, 0.25) is 0 Å². The average Bonchev–Trinajstić information content (AvgIpc) is 2.75. The van der Waals surface area contributed by atoms with Crippen LogP contribution in [0.15, 0.2) is 47.5 Å². The van der Waals surface area contributed by atoms with Crippen LogP contribution in [-0.2, 0) is 16.6 Å². The SMILES string of the molecule is CC1COc2ccccc2CN1S(=O)(=O)c1ccc(C#N)nc1. The lowest BCUT2D eigenvalue weighted by Gasteiger charge is -2.25. The van der Waals surface area contributed by atoms with Gasteiger partial charge in [0.25, 0.3) is 0 Å². The minimum absolute atomic E-state index is 0.0720. The molecule has 1 unspecified atom stereocenters. The van der Waals surface area contributed by atoms with Crippen LogP contribution in [0.25, 0.3) is 0 Å². The van der Waals surface area contributed by atoms with Gasteiger partial charge in [0.15, 0.2) is 0 Å². The highest BCUT2D eigenvalue weighted by atomic mass is 32.2. The third-order valence-electron chi connectivity index (χ3n) is 3.73. The second-order valence-corrected chi connectivity index (χ2v) is 7.20. The highest BCUT2D eigenvalue weighted by molar-refractivity contribution is 7.89. The van der Waals surface area contributed by atoms with Gasteiger partial charge in [0.2, 0.25) is 10.0 Å². The number of para-hydroxylation sites is 1. The van der Waals surface area contributed by atoms with Gasteiger partial charge in [-0.2, -0.15) is 9.57 Å². The molecule has 0 saturated carbocycles. The highest BCUT2D eigenvalue weighted by Gasteiger charge is 2.32. The number of fused-ring (bicyclic) bond motifs is 1. The maximum atomic E-state index is 12.9. The molecule has 1 aromatic carbocycles. The minimum atomic E-state index is -3.72. The minimum Gasteiger partial charge on any atom is -0.492 e. The van der Waals surface area contributed by atoms with E-state index in [2.05, 4.69) is 4.98 Å². The first kappa shape index (κ1) is 15.5. The molecule has 7 heteroatoms. The van der Waals surface area contributed by atoms with Gasteiger partial charge in [-0.05, 0) is 25.1 Å². The van der Waals surface area contributed by atoms with Crippen LogP contribution in [0.3, 0.4) is 0 Å². The fourth-order valence-corrected chi connectivity index (χ4v) is 3.99. The summed E-state index contributed by atoms with van der Waals surface area (Å²) in [6.07, 6.45) is 1.22.